The van der Waals surface area contributed by atoms with Crippen molar-refractivity contribution >= 4 is 21.4 Å². The van der Waals surface area contributed by atoms with Gasteiger partial charge in [0.1, 0.15) is 5.67 Å². The maximum Gasteiger partial charge on any atom is 0.116 e. The van der Waals surface area contributed by atoms with E-state index in [0.29, 0.717) is 6.42 Å². The topological polar surface area (TPSA) is 12.0 Å². The smallest absolute Gasteiger partial charge is 0.116 e. The van der Waals surface area contributed by atoms with E-state index in [-0.39, 0.29) is 5.92 Å². The Bertz CT molecular complexity index is 555. The molecule has 0 bridgehead atoms. The first-order chi connectivity index (χ1) is 9.17. The van der Waals surface area contributed by atoms with Crippen LogP contribution < -0.4 is 5.32 Å². The Hall–Kier alpha value is -0.930. The van der Waals surface area contributed by atoms with Crippen molar-refractivity contribution in [3.05, 3.63) is 35.2 Å². The molecule has 3 rings (SSSR count). The number of hydrogen-bond acceptors (Lipinski definition) is 2. The minimum Gasteiger partial charge on any atom is -0.316 e. The highest BCUT2D eigenvalue weighted by Crippen LogP contribution is 2.35. The monoisotopic (exact) mass is 277 g/mol. The Morgan fingerprint density at radius 1 is 1.42 bits per heavy atom. The van der Waals surface area contributed by atoms with Crippen LogP contribution in [0.5, 0.6) is 0 Å². The number of benzene rings is 1. The summed E-state index contributed by atoms with van der Waals surface area (Å²) in [5.41, 5.74) is 0.0493. The van der Waals surface area contributed by atoms with Gasteiger partial charge >= 0.3 is 0 Å². The van der Waals surface area contributed by atoms with Crippen LogP contribution in [0.15, 0.2) is 29.6 Å². The summed E-state index contributed by atoms with van der Waals surface area (Å²) in [7, 11) is 0. The van der Waals surface area contributed by atoms with Gasteiger partial charge in [-0.3, -0.25) is 0 Å². The molecule has 2 aromatic rings. The van der Waals surface area contributed by atoms with E-state index in [0.717, 1.165) is 31.5 Å². The molecule has 1 saturated heterocycles. The van der Waals surface area contributed by atoms with Gasteiger partial charge < -0.3 is 5.32 Å². The molecule has 1 fully saturated rings. The van der Waals surface area contributed by atoms with Crippen molar-refractivity contribution in [1.82, 2.24) is 5.32 Å². The van der Waals surface area contributed by atoms with Crippen LogP contribution >= 0.6 is 11.3 Å². The Balaban J connectivity index is 1.83. The lowest BCUT2D eigenvalue weighted by molar-refractivity contribution is 0.0838. The van der Waals surface area contributed by atoms with Crippen LogP contribution in [0.3, 0.4) is 0 Å². The van der Waals surface area contributed by atoms with Gasteiger partial charge in [-0.2, -0.15) is 0 Å². The highest BCUT2D eigenvalue weighted by Gasteiger charge is 2.35. The first kappa shape index (κ1) is 13.1. The summed E-state index contributed by atoms with van der Waals surface area (Å²) in [6, 6.07) is 8.30. The van der Waals surface area contributed by atoms with E-state index in [9.17, 15) is 0 Å². The fraction of sp³-hybridized carbons (Fsp3) is 0.500. The SMILES string of the molecule is CC(F)(Cc1csc2ccccc12)C1CCCNC1. The zero-order valence-electron chi connectivity index (χ0n) is 11.3. The Labute approximate surface area is 117 Å². The summed E-state index contributed by atoms with van der Waals surface area (Å²) in [5.74, 6) is 0.139. The van der Waals surface area contributed by atoms with E-state index in [2.05, 4.69) is 22.8 Å². The molecule has 0 aliphatic carbocycles. The van der Waals surface area contributed by atoms with Crippen molar-refractivity contribution < 1.29 is 4.39 Å². The standard InChI is InChI=1S/C16H20FNS/c1-16(17,13-5-4-8-18-10-13)9-12-11-19-15-7-3-2-6-14(12)15/h2-3,6-7,11,13,18H,4-5,8-10H2,1H3. The molecule has 1 N–H and O–H groups in total. The molecular formula is C16H20FNS. The average Bonchev–Trinajstić information content (AvgIpc) is 2.83. The third-order valence-electron chi connectivity index (χ3n) is 4.25. The average molecular weight is 277 g/mol. The van der Waals surface area contributed by atoms with Gasteiger partial charge in [0.25, 0.3) is 0 Å². The molecule has 2 heterocycles. The van der Waals surface area contributed by atoms with E-state index in [1.165, 1.54) is 10.1 Å². The molecule has 102 valence electrons. The van der Waals surface area contributed by atoms with E-state index < -0.39 is 5.67 Å². The van der Waals surface area contributed by atoms with Gasteiger partial charge in [0.05, 0.1) is 0 Å². The van der Waals surface area contributed by atoms with Crippen LogP contribution in [0.1, 0.15) is 25.3 Å². The minimum absolute atomic E-state index is 0.139. The third-order valence-corrected chi connectivity index (χ3v) is 5.26. The zero-order valence-corrected chi connectivity index (χ0v) is 12.1. The second kappa shape index (κ2) is 5.22. The summed E-state index contributed by atoms with van der Waals surface area (Å²) in [4.78, 5) is 0. The van der Waals surface area contributed by atoms with Crippen molar-refractivity contribution in [2.24, 2.45) is 5.92 Å². The molecule has 1 nitrogen and oxygen atoms in total. The van der Waals surface area contributed by atoms with Crippen molar-refractivity contribution in [2.45, 2.75) is 31.9 Å². The summed E-state index contributed by atoms with van der Waals surface area (Å²) in [5, 5.41) is 6.67. The normalized spacial score (nSPS) is 23.4. The number of halogens is 1. The van der Waals surface area contributed by atoms with Gasteiger partial charge in [-0.05, 0) is 48.7 Å². The molecule has 1 aliphatic heterocycles. The molecular weight excluding hydrogens is 257 g/mol. The van der Waals surface area contributed by atoms with Crippen molar-refractivity contribution in [3.8, 4) is 0 Å². The second-order valence-electron chi connectivity index (χ2n) is 5.76. The Morgan fingerprint density at radius 2 is 2.26 bits per heavy atom. The largest absolute Gasteiger partial charge is 0.316 e. The molecule has 0 saturated carbocycles. The number of piperidine rings is 1. The maximum atomic E-state index is 15.0. The number of rotatable bonds is 3. The fourth-order valence-electron chi connectivity index (χ4n) is 3.05. The van der Waals surface area contributed by atoms with E-state index >= 15 is 4.39 Å². The molecule has 0 spiro atoms. The highest BCUT2D eigenvalue weighted by atomic mass is 32.1. The van der Waals surface area contributed by atoms with Crippen molar-refractivity contribution in [1.29, 1.82) is 0 Å². The van der Waals surface area contributed by atoms with Crippen LogP contribution in [-0.4, -0.2) is 18.8 Å². The van der Waals surface area contributed by atoms with Crippen LogP contribution in [-0.2, 0) is 6.42 Å². The van der Waals surface area contributed by atoms with Gasteiger partial charge in [0.2, 0.25) is 0 Å². The highest BCUT2D eigenvalue weighted by molar-refractivity contribution is 7.17. The lowest BCUT2D eigenvalue weighted by atomic mass is 9.81. The van der Waals surface area contributed by atoms with Gasteiger partial charge in [0.15, 0.2) is 0 Å². The van der Waals surface area contributed by atoms with Gasteiger partial charge in [-0.15, -0.1) is 11.3 Å². The Morgan fingerprint density at radius 3 is 3.05 bits per heavy atom. The molecule has 0 radical (unpaired) electrons. The van der Waals surface area contributed by atoms with Crippen LogP contribution in [0.25, 0.3) is 10.1 Å². The number of alkyl halides is 1. The minimum atomic E-state index is -1.11. The lowest BCUT2D eigenvalue weighted by Gasteiger charge is -2.33. The number of hydrogen-bond donors (Lipinski definition) is 1. The molecule has 0 amide bonds. The van der Waals surface area contributed by atoms with E-state index in [1.807, 2.05) is 12.1 Å². The fourth-order valence-corrected chi connectivity index (χ4v) is 4.01. The Kier molecular flexibility index (Phi) is 3.59. The van der Waals surface area contributed by atoms with Crippen molar-refractivity contribution in [2.75, 3.05) is 13.1 Å². The summed E-state index contributed by atoms with van der Waals surface area (Å²) < 4.78 is 16.3. The number of thiophene rings is 1. The van der Waals surface area contributed by atoms with Crippen LogP contribution in [0.4, 0.5) is 4.39 Å². The summed E-state index contributed by atoms with van der Waals surface area (Å²) in [6.45, 7) is 3.63. The number of fused-ring (bicyclic) bond motifs is 1. The van der Waals surface area contributed by atoms with E-state index in [4.69, 9.17) is 0 Å². The van der Waals surface area contributed by atoms with Crippen LogP contribution in [0, 0.1) is 5.92 Å². The zero-order chi connectivity index (χ0) is 13.3. The van der Waals surface area contributed by atoms with Crippen LogP contribution in [0.2, 0.25) is 0 Å². The second-order valence-corrected chi connectivity index (χ2v) is 6.67. The molecule has 1 aliphatic rings. The summed E-state index contributed by atoms with van der Waals surface area (Å²) in [6.07, 6.45) is 2.62. The molecule has 1 aromatic heterocycles. The van der Waals surface area contributed by atoms with E-state index in [1.54, 1.807) is 18.3 Å². The van der Waals surface area contributed by atoms with Gasteiger partial charge in [-0.25, -0.2) is 4.39 Å². The number of nitrogens with one attached hydrogen (secondary N) is 1. The van der Waals surface area contributed by atoms with Crippen molar-refractivity contribution in [3.63, 3.8) is 0 Å². The predicted octanol–water partition coefficient (Wildman–Crippen LogP) is 4.17. The molecule has 2 atom stereocenters. The first-order valence-electron chi connectivity index (χ1n) is 7.01. The molecule has 1 aromatic carbocycles. The molecule has 3 heteroatoms. The molecule has 19 heavy (non-hydrogen) atoms. The lowest BCUT2D eigenvalue weighted by Crippen LogP contribution is -2.42. The van der Waals surface area contributed by atoms with Gasteiger partial charge in [0, 0.05) is 23.6 Å². The summed E-state index contributed by atoms with van der Waals surface area (Å²) >= 11 is 1.72. The first-order valence-corrected chi connectivity index (χ1v) is 7.89. The molecule has 2 unspecified atom stereocenters. The predicted molar refractivity (Wildman–Crippen MR) is 80.6 cm³/mol. The third kappa shape index (κ3) is 2.67. The maximum absolute atomic E-state index is 15.0. The van der Waals surface area contributed by atoms with Gasteiger partial charge in [-0.1, -0.05) is 18.2 Å². The quantitative estimate of drug-likeness (QED) is 0.888.